The first-order valence-electron chi connectivity index (χ1n) is 8.84. The fourth-order valence-electron chi connectivity index (χ4n) is 3.39. The second-order valence-corrected chi connectivity index (χ2v) is 7.39. The van der Waals surface area contributed by atoms with Crippen molar-refractivity contribution in [1.82, 2.24) is 25.0 Å². The highest BCUT2D eigenvalue weighted by Crippen LogP contribution is 2.36. The van der Waals surface area contributed by atoms with Crippen LogP contribution in [0.25, 0.3) is 11.4 Å². The molecule has 0 aliphatic heterocycles. The van der Waals surface area contributed by atoms with Crippen LogP contribution in [0.1, 0.15) is 49.9 Å². The van der Waals surface area contributed by atoms with Crippen molar-refractivity contribution >= 4 is 11.8 Å². The molecule has 136 valence electrons. The van der Waals surface area contributed by atoms with E-state index in [1.807, 2.05) is 6.07 Å². The van der Waals surface area contributed by atoms with Crippen molar-refractivity contribution in [3.63, 3.8) is 0 Å². The van der Waals surface area contributed by atoms with E-state index in [1.54, 1.807) is 19.1 Å². The van der Waals surface area contributed by atoms with E-state index >= 15 is 0 Å². The van der Waals surface area contributed by atoms with Gasteiger partial charge in [0, 0.05) is 13.0 Å². The molecule has 6 nitrogen and oxygen atoms in total. The average Bonchev–Trinajstić information content (AvgIpc) is 3.27. The van der Waals surface area contributed by atoms with Crippen molar-refractivity contribution in [2.24, 2.45) is 0 Å². The smallest absolute Gasteiger partial charge is 0.226 e. The van der Waals surface area contributed by atoms with E-state index < -0.39 is 0 Å². The molecule has 1 aromatic carbocycles. The van der Waals surface area contributed by atoms with E-state index in [1.165, 1.54) is 37.1 Å². The molecule has 0 amide bonds. The predicted octanol–water partition coefficient (Wildman–Crippen LogP) is 4.57. The molecular weight excluding hydrogens is 353 g/mol. The van der Waals surface area contributed by atoms with Crippen LogP contribution in [-0.2, 0) is 5.75 Å². The molecule has 0 N–H and O–H groups in total. The lowest BCUT2D eigenvalue weighted by Gasteiger charge is -2.25. The largest absolute Gasteiger partial charge is 0.425 e. The third-order valence-corrected chi connectivity index (χ3v) is 5.54. The van der Waals surface area contributed by atoms with Crippen molar-refractivity contribution in [2.75, 3.05) is 0 Å². The first-order valence-corrected chi connectivity index (χ1v) is 9.82. The topological polar surface area (TPSA) is 69.6 Å². The van der Waals surface area contributed by atoms with Crippen LogP contribution in [0, 0.1) is 12.7 Å². The van der Waals surface area contributed by atoms with E-state index in [9.17, 15) is 4.39 Å². The maximum atomic E-state index is 14.4. The normalized spacial score (nSPS) is 15.5. The number of rotatable bonds is 5. The fourth-order valence-corrected chi connectivity index (χ4v) is 4.23. The Labute approximate surface area is 155 Å². The number of aromatic nitrogens is 5. The zero-order chi connectivity index (χ0) is 17.9. The summed E-state index contributed by atoms with van der Waals surface area (Å²) in [6.45, 7) is 1.77. The lowest BCUT2D eigenvalue weighted by atomic mass is 9.95. The number of benzene rings is 1. The van der Waals surface area contributed by atoms with Crippen LogP contribution in [0.2, 0.25) is 0 Å². The molecule has 0 radical (unpaired) electrons. The van der Waals surface area contributed by atoms with Gasteiger partial charge < -0.3 is 4.42 Å². The Morgan fingerprint density at radius 1 is 1.12 bits per heavy atom. The van der Waals surface area contributed by atoms with Crippen molar-refractivity contribution in [2.45, 2.75) is 56.0 Å². The van der Waals surface area contributed by atoms with Crippen molar-refractivity contribution in [1.29, 1.82) is 0 Å². The predicted molar refractivity (Wildman–Crippen MR) is 96.1 cm³/mol. The monoisotopic (exact) mass is 373 g/mol. The molecule has 1 fully saturated rings. The summed E-state index contributed by atoms with van der Waals surface area (Å²) in [5.74, 6) is 1.93. The minimum Gasteiger partial charge on any atom is -0.425 e. The number of hydrogen-bond donors (Lipinski definition) is 0. The van der Waals surface area contributed by atoms with Crippen LogP contribution in [-0.4, -0.2) is 25.0 Å². The minimum atomic E-state index is -0.277. The van der Waals surface area contributed by atoms with Crippen LogP contribution in [0.4, 0.5) is 4.39 Å². The van der Waals surface area contributed by atoms with Gasteiger partial charge in [0.15, 0.2) is 11.0 Å². The summed E-state index contributed by atoms with van der Waals surface area (Å²) in [5.41, 5.74) is 0.492. The maximum absolute atomic E-state index is 14.4. The first kappa shape index (κ1) is 17.2. The molecule has 3 aromatic rings. The van der Waals surface area contributed by atoms with Crippen LogP contribution < -0.4 is 0 Å². The van der Waals surface area contributed by atoms with Crippen molar-refractivity contribution < 1.29 is 8.81 Å². The van der Waals surface area contributed by atoms with Crippen LogP contribution >= 0.6 is 11.8 Å². The maximum Gasteiger partial charge on any atom is 0.226 e. The van der Waals surface area contributed by atoms with Gasteiger partial charge in [-0.25, -0.2) is 4.39 Å². The summed E-state index contributed by atoms with van der Waals surface area (Å²) in [7, 11) is 0. The summed E-state index contributed by atoms with van der Waals surface area (Å²) in [5, 5.41) is 17.3. The highest BCUT2D eigenvalue weighted by Gasteiger charge is 2.25. The molecule has 2 aromatic heterocycles. The van der Waals surface area contributed by atoms with Gasteiger partial charge >= 0.3 is 0 Å². The molecule has 26 heavy (non-hydrogen) atoms. The molecule has 8 heteroatoms. The van der Waals surface area contributed by atoms with Gasteiger partial charge in [-0.2, -0.15) is 0 Å². The Morgan fingerprint density at radius 3 is 2.65 bits per heavy atom. The minimum absolute atomic E-state index is 0.277. The summed E-state index contributed by atoms with van der Waals surface area (Å²) in [6.07, 6.45) is 5.72. The lowest BCUT2D eigenvalue weighted by molar-refractivity contribution is 0.338. The standard InChI is InChI=1S/C18H20FN5OS/c1-12-20-21-16(25-12)11-26-18-23-22-17(14-9-5-6-10-15(14)19)24(18)13-7-3-2-4-8-13/h5-6,9-10,13H,2-4,7-8,11H2,1H3. The van der Waals surface area contributed by atoms with Crippen molar-refractivity contribution in [3.8, 4) is 11.4 Å². The SMILES string of the molecule is Cc1nnc(CSc2nnc(-c3ccccc3F)n2C2CCCCC2)o1. The Morgan fingerprint density at radius 2 is 1.92 bits per heavy atom. The van der Waals surface area contributed by atoms with Crippen molar-refractivity contribution in [3.05, 3.63) is 41.9 Å². The van der Waals surface area contributed by atoms with Gasteiger partial charge in [0.25, 0.3) is 0 Å². The van der Waals surface area contributed by atoms with E-state index in [4.69, 9.17) is 4.42 Å². The van der Waals surface area contributed by atoms with Gasteiger partial charge in [0.2, 0.25) is 11.8 Å². The third kappa shape index (κ3) is 3.51. The summed E-state index contributed by atoms with van der Waals surface area (Å²) >= 11 is 1.50. The molecule has 1 saturated carbocycles. The Balaban J connectivity index is 1.68. The Hall–Kier alpha value is -2.22. The summed E-state index contributed by atoms with van der Waals surface area (Å²) in [4.78, 5) is 0. The van der Waals surface area contributed by atoms with Gasteiger partial charge in [-0.15, -0.1) is 20.4 Å². The second-order valence-electron chi connectivity index (χ2n) is 6.45. The number of thioether (sulfide) groups is 1. The average molecular weight is 373 g/mol. The highest BCUT2D eigenvalue weighted by molar-refractivity contribution is 7.98. The molecule has 1 aliphatic carbocycles. The molecule has 4 rings (SSSR count). The van der Waals surface area contributed by atoms with Crippen LogP contribution in [0.3, 0.4) is 0 Å². The van der Waals surface area contributed by atoms with Gasteiger partial charge in [-0.3, -0.25) is 4.57 Å². The molecule has 0 saturated heterocycles. The summed E-state index contributed by atoms with van der Waals surface area (Å²) in [6, 6.07) is 7.03. The lowest BCUT2D eigenvalue weighted by Crippen LogP contribution is -2.15. The summed E-state index contributed by atoms with van der Waals surface area (Å²) < 4.78 is 21.9. The second kappa shape index (κ2) is 7.57. The first-order chi connectivity index (χ1) is 12.7. The zero-order valence-electron chi connectivity index (χ0n) is 14.6. The van der Waals surface area contributed by atoms with Crippen LogP contribution in [0.5, 0.6) is 0 Å². The molecule has 0 bridgehead atoms. The number of halogens is 1. The molecule has 1 aliphatic rings. The van der Waals surface area contributed by atoms with Gasteiger partial charge in [-0.1, -0.05) is 43.2 Å². The number of nitrogens with zero attached hydrogens (tertiary/aromatic N) is 5. The zero-order valence-corrected chi connectivity index (χ0v) is 15.4. The Bertz CT molecular complexity index is 887. The molecule has 2 heterocycles. The molecule has 0 atom stereocenters. The molecule has 0 unspecified atom stereocenters. The van der Waals surface area contributed by atoms with E-state index in [2.05, 4.69) is 25.0 Å². The van der Waals surface area contributed by atoms with Gasteiger partial charge in [0.1, 0.15) is 5.82 Å². The van der Waals surface area contributed by atoms with E-state index in [0.717, 1.165) is 18.0 Å². The quantitative estimate of drug-likeness (QED) is 0.610. The van der Waals surface area contributed by atoms with Crippen LogP contribution in [0.15, 0.2) is 33.8 Å². The van der Waals surface area contributed by atoms with Gasteiger partial charge in [-0.05, 0) is 25.0 Å². The van der Waals surface area contributed by atoms with E-state index in [0.29, 0.717) is 35.0 Å². The highest BCUT2D eigenvalue weighted by atomic mass is 32.2. The molecule has 0 spiro atoms. The number of hydrogen-bond acceptors (Lipinski definition) is 6. The van der Waals surface area contributed by atoms with Gasteiger partial charge in [0.05, 0.1) is 11.3 Å². The van der Waals surface area contributed by atoms with E-state index in [-0.39, 0.29) is 5.82 Å². The number of aryl methyl sites for hydroxylation is 1. The Kier molecular flexibility index (Phi) is 5.01. The fraction of sp³-hybridized carbons (Fsp3) is 0.444. The third-order valence-electron chi connectivity index (χ3n) is 4.61. The molecular formula is C18H20FN5OS.